The number of rotatable bonds is 0. The van der Waals surface area contributed by atoms with Crippen LogP contribution in [-0.4, -0.2) is 21.5 Å². The van der Waals surface area contributed by atoms with Crippen molar-refractivity contribution in [2.45, 2.75) is 11.0 Å². The Kier molecular flexibility index (Phi) is 2.73. The Balaban J connectivity index is 2.99. The van der Waals surface area contributed by atoms with Crippen LogP contribution in [0.3, 0.4) is 0 Å². The lowest BCUT2D eigenvalue weighted by atomic mass is 10.1. The first kappa shape index (κ1) is 10.2. The zero-order valence-corrected chi connectivity index (χ0v) is 7.80. The molecule has 1 aliphatic rings. The molecule has 0 radical (unpaired) electrons. The van der Waals surface area contributed by atoms with E-state index in [1.807, 2.05) is 0 Å². The van der Waals surface area contributed by atoms with E-state index in [0.29, 0.717) is 0 Å². The van der Waals surface area contributed by atoms with E-state index in [-0.39, 0.29) is 5.71 Å². The second-order valence-corrected chi connectivity index (χ2v) is 3.37. The SMILES string of the molecule is [N-]=[N+]=C1C=CC(C(F)(F)F)=CC1Br. The van der Waals surface area contributed by atoms with Gasteiger partial charge in [0.2, 0.25) is 0 Å². The van der Waals surface area contributed by atoms with Gasteiger partial charge in [0, 0.05) is 6.08 Å². The minimum atomic E-state index is -4.36. The molecular formula is C7H4BrF3N2. The first-order chi connectivity index (χ1) is 5.95. The van der Waals surface area contributed by atoms with Crippen molar-refractivity contribution in [2.24, 2.45) is 0 Å². The molecule has 70 valence electrons. The van der Waals surface area contributed by atoms with Gasteiger partial charge in [-0.05, 0) is 12.2 Å². The number of allylic oxidation sites excluding steroid dienone is 4. The van der Waals surface area contributed by atoms with Crippen LogP contribution >= 0.6 is 15.9 Å². The van der Waals surface area contributed by atoms with Crippen molar-refractivity contribution in [2.75, 3.05) is 0 Å². The molecule has 0 aliphatic heterocycles. The lowest BCUT2D eigenvalue weighted by Crippen LogP contribution is -2.20. The van der Waals surface area contributed by atoms with Crippen molar-refractivity contribution in [1.29, 1.82) is 0 Å². The largest absolute Gasteiger partial charge is 0.416 e. The predicted octanol–water partition coefficient (Wildman–Crippen LogP) is 2.48. The van der Waals surface area contributed by atoms with Crippen molar-refractivity contribution in [3.63, 3.8) is 0 Å². The summed E-state index contributed by atoms with van der Waals surface area (Å²) in [6.07, 6.45) is -1.44. The Hall–Kier alpha value is -0.870. The van der Waals surface area contributed by atoms with Crippen LogP contribution in [0, 0.1) is 0 Å². The van der Waals surface area contributed by atoms with Crippen LogP contribution in [0.1, 0.15) is 0 Å². The molecule has 1 unspecified atom stereocenters. The highest BCUT2D eigenvalue weighted by Gasteiger charge is 2.35. The highest BCUT2D eigenvalue weighted by molar-refractivity contribution is 9.10. The molecule has 0 aromatic rings. The maximum Gasteiger partial charge on any atom is 0.416 e. The predicted molar refractivity (Wildman–Crippen MR) is 44.6 cm³/mol. The van der Waals surface area contributed by atoms with Gasteiger partial charge in [-0.1, -0.05) is 15.9 Å². The van der Waals surface area contributed by atoms with Gasteiger partial charge < -0.3 is 5.53 Å². The molecule has 0 amide bonds. The van der Waals surface area contributed by atoms with Crippen LogP contribution in [0.15, 0.2) is 23.8 Å². The number of nitrogens with zero attached hydrogens (tertiary/aromatic N) is 2. The maximum absolute atomic E-state index is 12.1. The molecule has 0 saturated carbocycles. The van der Waals surface area contributed by atoms with Gasteiger partial charge in [0.25, 0.3) is 0 Å². The molecule has 0 saturated heterocycles. The quantitative estimate of drug-likeness (QED) is 0.361. The second kappa shape index (κ2) is 3.47. The smallest absolute Gasteiger partial charge is 0.361 e. The molecule has 0 fully saturated rings. The molecule has 1 atom stereocenters. The third kappa shape index (κ3) is 2.29. The van der Waals surface area contributed by atoms with E-state index in [1.54, 1.807) is 0 Å². The third-order valence-electron chi connectivity index (χ3n) is 1.48. The topological polar surface area (TPSA) is 36.4 Å². The Labute approximate surface area is 80.5 Å². The fraction of sp³-hybridized carbons (Fsp3) is 0.286. The Morgan fingerprint density at radius 3 is 2.38 bits per heavy atom. The van der Waals surface area contributed by atoms with E-state index in [0.717, 1.165) is 18.2 Å². The van der Waals surface area contributed by atoms with E-state index in [2.05, 4.69) is 20.7 Å². The minimum Gasteiger partial charge on any atom is -0.361 e. The van der Waals surface area contributed by atoms with Gasteiger partial charge in [0.15, 0.2) is 0 Å². The molecule has 6 heteroatoms. The molecule has 0 aromatic carbocycles. The van der Waals surface area contributed by atoms with Gasteiger partial charge in [-0.25, -0.2) is 0 Å². The van der Waals surface area contributed by atoms with Gasteiger partial charge in [0.05, 0.1) is 5.57 Å². The standard InChI is InChI=1S/C7H4BrF3N2/c8-5-3-4(7(9,10)11)1-2-6(5)13-12/h1-3,5H. The molecule has 13 heavy (non-hydrogen) atoms. The summed E-state index contributed by atoms with van der Waals surface area (Å²) in [7, 11) is 0. The molecule has 0 aromatic heterocycles. The summed E-state index contributed by atoms with van der Waals surface area (Å²) >= 11 is 2.93. The molecule has 0 N–H and O–H groups in total. The summed E-state index contributed by atoms with van der Waals surface area (Å²) in [5.41, 5.74) is 7.74. The van der Waals surface area contributed by atoms with E-state index in [1.165, 1.54) is 0 Å². The molecule has 0 bridgehead atoms. The maximum atomic E-state index is 12.1. The van der Waals surface area contributed by atoms with Crippen LogP contribution in [-0.2, 0) is 0 Å². The lowest BCUT2D eigenvalue weighted by Gasteiger charge is -2.11. The van der Waals surface area contributed by atoms with Crippen LogP contribution in [0.4, 0.5) is 13.2 Å². The van der Waals surface area contributed by atoms with Gasteiger partial charge in [0.1, 0.15) is 4.83 Å². The molecule has 0 spiro atoms. The molecule has 2 nitrogen and oxygen atoms in total. The highest BCUT2D eigenvalue weighted by atomic mass is 79.9. The summed E-state index contributed by atoms with van der Waals surface area (Å²) in [5.74, 6) is 0. The van der Waals surface area contributed by atoms with Crippen molar-refractivity contribution >= 4 is 21.6 Å². The van der Waals surface area contributed by atoms with Crippen LogP contribution in [0.25, 0.3) is 5.53 Å². The molecular weight excluding hydrogens is 249 g/mol. The zero-order chi connectivity index (χ0) is 10.1. The van der Waals surface area contributed by atoms with Gasteiger partial charge >= 0.3 is 11.9 Å². The summed E-state index contributed by atoms with van der Waals surface area (Å²) in [4.78, 5) is 2.12. The monoisotopic (exact) mass is 252 g/mol. The molecule has 0 heterocycles. The van der Waals surface area contributed by atoms with Gasteiger partial charge in [-0.3, -0.25) is 0 Å². The Bertz CT molecular complexity index is 323. The zero-order valence-electron chi connectivity index (χ0n) is 6.22. The van der Waals surface area contributed by atoms with Crippen molar-refractivity contribution < 1.29 is 18.0 Å². The fourth-order valence-corrected chi connectivity index (χ4v) is 1.37. The minimum absolute atomic E-state index is 0.146. The van der Waals surface area contributed by atoms with Crippen molar-refractivity contribution in [3.05, 3.63) is 29.3 Å². The number of hydrogen-bond acceptors (Lipinski definition) is 0. The average molecular weight is 253 g/mol. The van der Waals surface area contributed by atoms with Crippen LogP contribution < -0.4 is 0 Å². The van der Waals surface area contributed by atoms with Crippen LogP contribution in [0.2, 0.25) is 0 Å². The first-order valence-corrected chi connectivity index (χ1v) is 4.20. The van der Waals surface area contributed by atoms with Crippen molar-refractivity contribution in [3.8, 4) is 0 Å². The van der Waals surface area contributed by atoms with E-state index in [9.17, 15) is 13.2 Å². The van der Waals surface area contributed by atoms with E-state index < -0.39 is 16.6 Å². The molecule has 1 aliphatic carbocycles. The average Bonchev–Trinajstić information content (AvgIpc) is 2.02. The van der Waals surface area contributed by atoms with Crippen LogP contribution in [0.5, 0.6) is 0 Å². The number of alkyl halides is 4. The Morgan fingerprint density at radius 2 is 2.00 bits per heavy atom. The summed E-state index contributed by atoms with van der Waals surface area (Å²) in [6, 6.07) is 0. The van der Waals surface area contributed by atoms with Gasteiger partial charge in [-0.15, -0.1) is 0 Å². The summed E-state index contributed by atoms with van der Waals surface area (Å²) in [6.45, 7) is 0. The lowest BCUT2D eigenvalue weighted by molar-refractivity contribution is -0.0885. The summed E-state index contributed by atoms with van der Waals surface area (Å²) in [5, 5.41) is 0. The number of hydrogen-bond donors (Lipinski definition) is 0. The second-order valence-electron chi connectivity index (χ2n) is 2.38. The van der Waals surface area contributed by atoms with Crippen molar-refractivity contribution in [1.82, 2.24) is 0 Å². The normalized spacial score (nSPS) is 22.6. The summed E-state index contributed by atoms with van der Waals surface area (Å²) < 4.78 is 36.3. The van der Waals surface area contributed by atoms with E-state index >= 15 is 0 Å². The number of halogens is 4. The highest BCUT2D eigenvalue weighted by Crippen LogP contribution is 2.30. The van der Waals surface area contributed by atoms with Gasteiger partial charge in [-0.2, -0.15) is 18.0 Å². The molecule has 1 rings (SSSR count). The fourth-order valence-electron chi connectivity index (χ4n) is 0.843. The third-order valence-corrected chi connectivity index (χ3v) is 2.22. The van der Waals surface area contributed by atoms with E-state index in [4.69, 9.17) is 5.53 Å². The first-order valence-electron chi connectivity index (χ1n) is 3.28. The Morgan fingerprint density at radius 1 is 1.38 bits per heavy atom.